The highest BCUT2D eigenvalue weighted by Crippen LogP contribution is 2.23. The largest absolute Gasteiger partial charge is 0.455 e. The predicted octanol–water partition coefficient (Wildman–Crippen LogP) is 5.07. The van der Waals surface area contributed by atoms with Gasteiger partial charge in [0.15, 0.2) is 0 Å². The number of nitrogens with zero attached hydrogens (tertiary/aromatic N) is 1. The van der Waals surface area contributed by atoms with Crippen molar-refractivity contribution in [3.63, 3.8) is 0 Å². The number of fused-ring (bicyclic) bond motifs is 1. The molecule has 0 saturated heterocycles. The normalized spacial score (nSPS) is 11.9. The Morgan fingerprint density at radius 3 is 2.43 bits per heavy atom. The Balaban J connectivity index is 1.50. The molecule has 140 valence electrons. The Labute approximate surface area is 167 Å². The van der Waals surface area contributed by atoms with Gasteiger partial charge in [0, 0.05) is 10.6 Å². The maximum absolute atomic E-state index is 12.5. The maximum Gasteiger partial charge on any atom is 0.276 e. The lowest BCUT2D eigenvalue weighted by atomic mass is 10.1. The molecule has 7 heteroatoms. The number of sulfonamides is 1. The van der Waals surface area contributed by atoms with Crippen LogP contribution in [0.2, 0.25) is 5.02 Å². The second-order valence-corrected chi connectivity index (χ2v) is 8.17. The Kier molecular flexibility index (Phi) is 4.90. The summed E-state index contributed by atoms with van der Waals surface area (Å²) in [5, 5.41) is 6.26. The molecule has 0 aliphatic rings. The van der Waals surface area contributed by atoms with Crippen molar-refractivity contribution in [3.05, 3.63) is 89.6 Å². The molecular weight excluding hydrogens is 396 g/mol. The molecule has 4 aromatic rings. The molecular formula is C21H15ClN2O3S. The summed E-state index contributed by atoms with van der Waals surface area (Å²) in [7, 11) is -3.78. The average Bonchev–Trinajstić information content (AvgIpc) is 3.17. The first-order valence-electron chi connectivity index (χ1n) is 8.41. The van der Waals surface area contributed by atoms with Gasteiger partial charge in [-0.1, -0.05) is 41.9 Å². The van der Waals surface area contributed by atoms with Gasteiger partial charge < -0.3 is 4.42 Å². The summed E-state index contributed by atoms with van der Waals surface area (Å²) in [6.45, 7) is 0. The molecule has 4 rings (SSSR count). The number of furan rings is 1. The van der Waals surface area contributed by atoms with E-state index in [0.717, 1.165) is 16.3 Å². The van der Waals surface area contributed by atoms with Gasteiger partial charge in [0.1, 0.15) is 11.5 Å². The van der Waals surface area contributed by atoms with Crippen LogP contribution in [0.25, 0.3) is 22.1 Å². The minimum Gasteiger partial charge on any atom is -0.455 e. The fourth-order valence-corrected chi connectivity index (χ4v) is 3.69. The zero-order chi connectivity index (χ0) is 19.6. The van der Waals surface area contributed by atoms with Crippen LogP contribution in [0.4, 0.5) is 0 Å². The SMILES string of the molecule is O=S(=O)(NN=Cc1ccc(-c2ccc(Cl)cc2)o1)c1ccc2ccccc2c1. The van der Waals surface area contributed by atoms with Crippen LogP contribution in [0.1, 0.15) is 5.76 Å². The Morgan fingerprint density at radius 1 is 0.893 bits per heavy atom. The highest BCUT2D eigenvalue weighted by Gasteiger charge is 2.13. The van der Waals surface area contributed by atoms with Gasteiger partial charge in [-0.05, 0) is 59.3 Å². The Bertz CT molecular complexity index is 1260. The summed E-state index contributed by atoms with van der Waals surface area (Å²) < 4.78 is 30.6. The molecule has 0 amide bonds. The average molecular weight is 411 g/mol. The summed E-state index contributed by atoms with van der Waals surface area (Å²) in [5.74, 6) is 1.06. The van der Waals surface area contributed by atoms with Crippen molar-refractivity contribution < 1.29 is 12.8 Å². The van der Waals surface area contributed by atoms with Gasteiger partial charge in [-0.3, -0.25) is 0 Å². The molecule has 0 unspecified atom stereocenters. The van der Waals surface area contributed by atoms with Gasteiger partial charge in [-0.2, -0.15) is 18.4 Å². The molecule has 1 heterocycles. The molecule has 0 fully saturated rings. The molecule has 1 N–H and O–H groups in total. The lowest BCUT2D eigenvalue weighted by molar-refractivity contribution is 0.573. The first-order chi connectivity index (χ1) is 13.5. The number of benzene rings is 3. The Hall–Kier alpha value is -3.09. The second kappa shape index (κ2) is 7.50. The van der Waals surface area contributed by atoms with Crippen LogP contribution in [0.3, 0.4) is 0 Å². The minimum atomic E-state index is -3.78. The molecule has 3 aromatic carbocycles. The van der Waals surface area contributed by atoms with E-state index in [0.29, 0.717) is 16.5 Å². The van der Waals surface area contributed by atoms with E-state index in [-0.39, 0.29) is 4.90 Å². The first kappa shape index (κ1) is 18.3. The standard InChI is InChI=1S/C21H15ClN2O3S/c22-18-8-5-16(6-9-18)21-12-10-19(27-21)14-23-24-28(25,26)20-11-7-15-3-1-2-4-17(15)13-20/h1-14,24H. The predicted molar refractivity (Wildman–Crippen MR) is 111 cm³/mol. The van der Waals surface area contributed by atoms with E-state index >= 15 is 0 Å². The van der Waals surface area contributed by atoms with E-state index in [9.17, 15) is 8.42 Å². The van der Waals surface area contributed by atoms with E-state index < -0.39 is 10.0 Å². The molecule has 28 heavy (non-hydrogen) atoms. The summed E-state index contributed by atoms with van der Waals surface area (Å²) in [5.41, 5.74) is 0.862. The number of hydrogen-bond acceptors (Lipinski definition) is 4. The smallest absolute Gasteiger partial charge is 0.276 e. The minimum absolute atomic E-state index is 0.143. The van der Waals surface area contributed by atoms with E-state index in [2.05, 4.69) is 9.93 Å². The first-order valence-corrected chi connectivity index (χ1v) is 10.3. The van der Waals surface area contributed by atoms with Crippen molar-refractivity contribution in [3.8, 4) is 11.3 Å². The summed E-state index contributed by atoms with van der Waals surface area (Å²) in [4.78, 5) is 2.35. The van der Waals surface area contributed by atoms with Gasteiger partial charge in [0.25, 0.3) is 10.0 Å². The number of nitrogens with one attached hydrogen (secondary N) is 1. The number of hydrazone groups is 1. The van der Waals surface area contributed by atoms with Crippen LogP contribution in [-0.2, 0) is 10.0 Å². The molecule has 5 nitrogen and oxygen atoms in total. The van der Waals surface area contributed by atoms with Crippen LogP contribution in [0, 0.1) is 0 Å². The molecule has 0 aliphatic heterocycles. The number of hydrogen-bond donors (Lipinski definition) is 1. The van der Waals surface area contributed by atoms with Crippen molar-refractivity contribution in [1.29, 1.82) is 0 Å². The molecule has 0 saturated carbocycles. The third-order valence-electron chi connectivity index (χ3n) is 4.15. The fraction of sp³-hybridized carbons (Fsp3) is 0. The van der Waals surface area contributed by atoms with Crippen LogP contribution in [-0.4, -0.2) is 14.6 Å². The third-order valence-corrected chi connectivity index (χ3v) is 5.62. The molecule has 0 bridgehead atoms. The van der Waals surface area contributed by atoms with Crippen molar-refractivity contribution >= 4 is 38.6 Å². The van der Waals surface area contributed by atoms with Crippen molar-refractivity contribution in [2.75, 3.05) is 0 Å². The van der Waals surface area contributed by atoms with E-state index in [1.165, 1.54) is 6.21 Å². The van der Waals surface area contributed by atoms with E-state index in [4.69, 9.17) is 16.0 Å². The highest BCUT2D eigenvalue weighted by molar-refractivity contribution is 7.89. The van der Waals surface area contributed by atoms with Crippen molar-refractivity contribution in [2.45, 2.75) is 4.90 Å². The van der Waals surface area contributed by atoms with Crippen LogP contribution < -0.4 is 4.83 Å². The molecule has 0 atom stereocenters. The monoisotopic (exact) mass is 410 g/mol. The topological polar surface area (TPSA) is 71.7 Å². The lowest BCUT2D eigenvalue weighted by Gasteiger charge is -2.04. The quantitative estimate of drug-likeness (QED) is 0.369. The van der Waals surface area contributed by atoms with Crippen LogP contribution in [0.15, 0.2) is 93.3 Å². The molecule has 0 radical (unpaired) electrons. The van der Waals surface area contributed by atoms with Gasteiger partial charge in [-0.25, -0.2) is 0 Å². The summed E-state index contributed by atoms with van der Waals surface area (Å²) in [6, 6.07) is 23.2. The summed E-state index contributed by atoms with van der Waals surface area (Å²) in [6.07, 6.45) is 1.32. The number of halogens is 1. The van der Waals surface area contributed by atoms with Crippen molar-refractivity contribution in [2.24, 2.45) is 5.10 Å². The van der Waals surface area contributed by atoms with Crippen LogP contribution in [0.5, 0.6) is 0 Å². The Morgan fingerprint density at radius 2 is 1.64 bits per heavy atom. The van der Waals surface area contributed by atoms with Gasteiger partial charge in [0.05, 0.1) is 11.1 Å². The lowest BCUT2D eigenvalue weighted by Crippen LogP contribution is -2.18. The van der Waals surface area contributed by atoms with Crippen molar-refractivity contribution in [1.82, 2.24) is 4.83 Å². The van der Waals surface area contributed by atoms with E-state index in [1.807, 2.05) is 36.4 Å². The van der Waals surface area contributed by atoms with Crippen LogP contribution >= 0.6 is 11.6 Å². The molecule has 0 aliphatic carbocycles. The third kappa shape index (κ3) is 3.93. The van der Waals surface area contributed by atoms with Gasteiger partial charge in [0.2, 0.25) is 0 Å². The maximum atomic E-state index is 12.5. The van der Waals surface area contributed by atoms with Gasteiger partial charge >= 0.3 is 0 Å². The van der Waals surface area contributed by atoms with E-state index in [1.54, 1.807) is 42.5 Å². The zero-order valence-electron chi connectivity index (χ0n) is 14.5. The second-order valence-electron chi connectivity index (χ2n) is 6.07. The fourth-order valence-electron chi connectivity index (χ4n) is 2.74. The van der Waals surface area contributed by atoms with Gasteiger partial charge in [-0.15, -0.1) is 0 Å². The molecule has 1 aromatic heterocycles. The summed E-state index contributed by atoms with van der Waals surface area (Å²) >= 11 is 5.88. The highest BCUT2D eigenvalue weighted by atomic mass is 35.5. The molecule has 0 spiro atoms. The number of rotatable bonds is 5. The zero-order valence-corrected chi connectivity index (χ0v) is 16.1.